The fourth-order valence-electron chi connectivity index (χ4n) is 2.25. The zero-order valence-corrected chi connectivity index (χ0v) is 13.6. The minimum Gasteiger partial charge on any atom is -0.508 e. The average molecular weight is 346 g/mol. The second kappa shape index (κ2) is 6.47. The molecule has 2 aromatic carbocycles. The van der Waals surface area contributed by atoms with Crippen LogP contribution >= 0.6 is 24.0 Å². The number of thiocarbonyl (C=S) groups is 1. The molecule has 1 fully saturated rings. The molecule has 1 saturated heterocycles. The van der Waals surface area contributed by atoms with Crippen LogP contribution in [0.5, 0.6) is 11.5 Å². The van der Waals surface area contributed by atoms with Crippen LogP contribution in [0.15, 0.2) is 48.5 Å². The van der Waals surface area contributed by atoms with Crippen molar-refractivity contribution in [1.29, 1.82) is 0 Å². The Morgan fingerprint density at radius 3 is 2.52 bits per heavy atom. The van der Waals surface area contributed by atoms with Crippen LogP contribution < -0.4 is 10.2 Å². The maximum atomic E-state index is 12.6. The van der Waals surface area contributed by atoms with E-state index in [4.69, 9.17) is 12.2 Å². The molecule has 0 radical (unpaired) electrons. The smallest absolute Gasteiger partial charge is 0.247 e. The monoisotopic (exact) mass is 346 g/mol. The average Bonchev–Trinajstić information content (AvgIpc) is 2.82. The normalized spacial score (nSPS) is 17.6. The van der Waals surface area contributed by atoms with Gasteiger partial charge in [0.25, 0.3) is 0 Å². The number of hydrogen-bond acceptors (Lipinski definition) is 6. The highest BCUT2D eigenvalue weighted by Crippen LogP contribution is 2.33. The van der Waals surface area contributed by atoms with Crippen LogP contribution in [0.4, 0.5) is 11.4 Å². The van der Waals surface area contributed by atoms with Gasteiger partial charge >= 0.3 is 0 Å². The van der Waals surface area contributed by atoms with Gasteiger partial charge in [0.05, 0.1) is 11.4 Å². The van der Waals surface area contributed by atoms with Gasteiger partial charge in [-0.1, -0.05) is 36.1 Å². The summed E-state index contributed by atoms with van der Waals surface area (Å²) >= 11 is 6.60. The highest BCUT2D eigenvalue weighted by Gasteiger charge is 2.37. The van der Waals surface area contributed by atoms with E-state index in [0.717, 1.165) is 0 Å². The number of nitrogens with one attached hydrogen (secondary N) is 1. The van der Waals surface area contributed by atoms with Crippen LogP contribution in [0, 0.1) is 0 Å². The van der Waals surface area contributed by atoms with Crippen molar-refractivity contribution in [2.75, 3.05) is 16.8 Å². The topological polar surface area (TPSA) is 72.8 Å². The molecule has 7 heteroatoms. The van der Waals surface area contributed by atoms with Crippen LogP contribution in [0.1, 0.15) is 0 Å². The number of benzene rings is 2. The molecule has 0 spiro atoms. The number of thioether (sulfide) groups is 1. The van der Waals surface area contributed by atoms with Gasteiger partial charge in [0, 0.05) is 6.54 Å². The number of phenolic OH excluding ortho intramolecular Hbond substituents is 2. The first-order chi connectivity index (χ1) is 11.1. The van der Waals surface area contributed by atoms with Gasteiger partial charge < -0.3 is 15.5 Å². The first-order valence-corrected chi connectivity index (χ1v) is 8.20. The Kier molecular flexibility index (Phi) is 4.40. The summed E-state index contributed by atoms with van der Waals surface area (Å²) in [5.74, 6) is 0.159. The summed E-state index contributed by atoms with van der Waals surface area (Å²) in [6.07, 6.45) is 0. The van der Waals surface area contributed by atoms with Gasteiger partial charge in [-0.2, -0.15) is 0 Å². The fourth-order valence-corrected chi connectivity index (χ4v) is 3.71. The predicted molar refractivity (Wildman–Crippen MR) is 96.2 cm³/mol. The van der Waals surface area contributed by atoms with Gasteiger partial charge in [0.15, 0.2) is 0 Å². The highest BCUT2D eigenvalue weighted by molar-refractivity contribution is 8.25. The van der Waals surface area contributed by atoms with Crippen LogP contribution in [-0.4, -0.2) is 32.2 Å². The lowest BCUT2D eigenvalue weighted by molar-refractivity contribution is -0.116. The molecule has 2 aromatic rings. The molecule has 1 heterocycles. The fraction of sp³-hybridized carbons (Fsp3) is 0.125. The van der Waals surface area contributed by atoms with Crippen molar-refractivity contribution in [2.24, 2.45) is 0 Å². The van der Waals surface area contributed by atoms with E-state index in [9.17, 15) is 15.0 Å². The minimum atomic E-state index is -0.365. The number of hydrogen-bond donors (Lipinski definition) is 3. The molecule has 118 valence electrons. The molecule has 1 atom stereocenters. The van der Waals surface area contributed by atoms with E-state index in [-0.39, 0.29) is 22.7 Å². The van der Waals surface area contributed by atoms with Gasteiger partial charge in [-0.3, -0.25) is 9.69 Å². The molecule has 0 aromatic heterocycles. The molecule has 1 amide bonds. The molecule has 5 nitrogen and oxygen atoms in total. The number of amides is 1. The Labute approximate surface area is 142 Å². The molecular weight excluding hydrogens is 332 g/mol. The number of nitrogens with zero attached hydrogens (tertiary/aromatic N) is 1. The van der Waals surface area contributed by atoms with Crippen molar-refractivity contribution >= 4 is 45.6 Å². The van der Waals surface area contributed by atoms with E-state index >= 15 is 0 Å². The number of rotatable bonds is 4. The van der Waals surface area contributed by atoms with Crippen molar-refractivity contribution in [3.8, 4) is 11.5 Å². The number of phenols is 2. The lowest BCUT2D eigenvalue weighted by atomic mass is 10.2. The van der Waals surface area contributed by atoms with E-state index in [1.165, 1.54) is 28.8 Å². The molecule has 1 aliphatic heterocycles. The Balaban J connectivity index is 1.71. The summed E-state index contributed by atoms with van der Waals surface area (Å²) in [5, 5.41) is 21.8. The van der Waals surface area contributed by atoms with E-state index in [0.29, 0.717) is 22.2 Å². The third kappa shape index (κ3) is 3.25. The van der Waals surface area contributed by atoms with E-state index in [2.05, 4.69) is 5.32 Å². The lowest BCUT2D eigenvalue weighted by Crippen LogP contribution is -2.33. The zero-order chi connectivity index (χ0) is 16.4. The third-order valence-electron chi connectivity index (χ3n) is 3.41. The number of carbonyl (C=O) groups excluding carboxylic acids is 1. The summed E-state index contributed by atoms with van der Waals surface area (Å²) in [7, 11) is 0. The number of aromatic hydroxyl groups is 2. The molecule has 1 aliphatic rings. The second-order valence-corrected chi connectivity index (χ2v) is 6.80. The quantitative estimate of drug-likeness (QED) is 0.584. The molecule has 1 unspecified atom stereocenters. The predicted octanol–water partition coefficient (Wildman–Crippen LogP) is 2.94. The summed E-state index contributed by atoms with van der Waals surface area (Å²) in [4.78, 5) is 14.0. The van der Waals surface area contributed by atoms with Gasteiger partial charge in [-0.15, -0.1) is 0 Å². The van der Waals surface area contributed by atoms with E-state index in [1.54, 1.807) is 36.4 Å². The maximum Gasteiger partial charge on any atom is 0.247 e. The Morgan fingerprint density at radius 1 is 1.13 bits per heavy atom. The SMILES string of the molecule is O=C1C(CNc2ccccc2O)SC(=S)N1c1ccc(O)cc1. The lowest BCUT2D eigenvalue weighted by Gasteiger charge is -2.16. The molecular formula is C16H14N2O3S2. The van der Waals surface area contributed by atoms with Crippen molar-refractivity contribution in [3.05, 3.63) is 48.5 Å². The summed E-state index contributed by atoms with van der Waals surface area (Å²) < 4.78 is 0.477. The van der Waals surface area contributed by atoms with Gasteiger partial charge in [-0.25, -0.2) is 0 Å². The van der Waals surface area contributed by atoms with Crippen molar-refractivity contribution < 1.29 is 15.0 Å². The summed E-state index contributed by atoms with van der Waals surface area (Å²) in [5.41, 5.74) is 1.21. The highest BCUT2D eigenvalue weighted by atomic mass is 32.2. The molecule has 3 rings (SSSR count). The van der Waals surface area contributed by atoms with Crippen molar-refractivity contribution in [3.63, 3.8) is 0 Å². The standard InChI is InChI=1S/C16H14N2O3S2/c19-11-7-5-10(6-8-11)18-15(21)14(23-16(18)22)9-17-12-3-1-2-4-13(12)20/h1-8,14,17,19-20H,9H2. The van der Waals surface area contributed by atoms with E-state index < -0.39 is 0 Å². The van der Waals surface area contributed by atoms with Gasteiger partial charge in [0.2, 0.25) is 5.91 Å². The Bertz CT molecular complexity index is 749. The largest absolute Gasteiger partial charge is 0.508 e. The van der Waals surface area contributed by atoms with Crippen LogP contribution in [0.3, 0.4) is 0 Å². The summed E-state index contributed by atoms with van der Waals surface area (Å²) in [6.45, 7) is 0.357. The molecule has 0 saturated carbocycles. The molecule has 3 N–H and O–H groups in total. The first kappa shape index (κ1) is 15.6. The number of anilines is 2. The second-order valence-electron chi connectivity index (χ2n) is 4.96. The van der Waals surface area contributed by atoms with Crippen molar-refractivity contribution in [2.45, 2.75) is 5.25 Å². The summed E-state index contributed by atoms with van der Waals surface area (Å²) in [6, 6.07) is 13.2. The first-order valence-electron chi connectivity index (χ1n) is 6.92. The van der Waals surface area contributed by atoms with Crippen LogP contribution in [0.25, 0.3) is 0 Å². The number of carbonyl (C=O) groups is 1. The molecule has 23 heavy (non-hydrogen) atoms. The third-order valence-corrected chi connectivity index (χ3v) is 4.92. The molecule has 0 bridgehead atoms. The van der Waals surface area contributed by atoms with Crippen molar-refractivity contribution in [1.82, 2.24) is 0 Å². The Morgan fingerprint density at radius 2 is 1.83 bits per heavy atom. The van der Waals surface area contributed by atoms with Crippen LogP contribution in [-0.2, 0) is 4.79 Å². The Hall–Kier alpha value is -2.25. The maximum absolute atomic E-state index is 12.6. The van der Waals surface area contributed by atoms with Gasteiger partial charge in [0.1, 0.15) is 21.1 Å². The number of para-hydroxylation sites is 2. The van der Waals surface area contributed by atoms with Gasteiger partial charge in [-0.05, 0) is 36.4 Å². The zero-order valence-electron chi connectivity index (χ0n) is 12.0. The molecule has 0 aliphatic carbocycles. The minimum absolute atomic E-state index is 0.117. The van der Waals surface area contributed by atoms with Crippen LogP contribution in [0.2, 0.25) is 0 Å². The van der Waals surface area contributed by atoms with E-state index in [1.807, 2.05) is 0 Å².